The second-order valence-electron chi connectivity index (χ2n) is 7.04. The maximum absolute atomic E-state index is 12.3. The van der Waals surface area contributed by atoms with Crippen molar-refractivity contribution >= 4 is 31.9 Å². The minimum atomic E-state index is -3.63. The number of carbonyl (C=O) groups excluding carboxylic acids is 1. The lowest BCUT2D eigenvalue weighted by Gasteiger charge is -2.27. The van der Waals surface area contributed by atoms with Gasteiger partial charge in [-0.15, -0.1) is 0 Å². The normalized spacial score (nSPS) is 15.1. The number of morpholine rings is 1. The molecule has 1 aliphatic heterocycles. The lowest BCUT2D eigenvalue weighted by Crippen LogP contribution is -2.36. The number of rotatable bonds is 9. The van der Waals surface area contributed by atoms with E-state index in [4.69, 9.17) is 4.74 Å². The summed E-state index contributed by atoms with van der Waals surface area (Å²) in [6.45, 7) is 4.57. The Bertz CT molecular complexity index is 945. The highest BCUT2D eigenvalue weighted by molar-refractivity contribution is 9.10. The number of nitrogens with zero attached hydrogens (tertiary/aromatic N) is 1. The van der Waals surface area contributed by atoms with E-state index in [1.54, 1.807) is 12.1 Å². The first kappa shape index (κ1) is 22.9. The fourth-order valence-electron chi connectivity index (χ4n) is 3.16. The summed E-state index contributed by atoms with van der Waals surface area (Å²) < 4.78 is 33.2. The fourth-order valence-corrected chi connectivity index (χ4v) is 4.46. The second-order valence-corrected chi connectivity index (χ2v) is 9.72. The molecule has 0 aliphatic carbocycles. The zero-order valence-corrected chi connectivity index (χ0v) is 19.0. The van der Waals surface area contributed by atoms with Crippen molar-refractivity contribution in [1.82, 2.24) is 14.9 Å². The van der Waals surface area contributed by atoms with E-state index in [9.17, 15) is 13.2 Å². The monoisotopic (exact) mass is 495 g/mol. The van der Waals surface area contributed by atoms with Crippen molar-refractivity contribution in [3.8, 4) is 0 Å². The summed E-state index contributed by atoms with van der Waals surface area (Å²) in [7, 11) is -3.63. The van der Waals surface area contributed by atoms with Crippen molar-refractivity contribution < 1.29 is 17.9 Å². The van der Waals surface area contributed by atoms with Crippen LogP contribution in [-0.4, -0.2) is 52.1 Å². The van der Waals surface area contributed by atoms with Crippen molar-refractivity contribution in [1.29, 1.82) is 0 Å². The highest BCUT2D eigenvalue weighted by Crippen LogP contribution is 2.15. The topological polar surface area (TPSA) is 87.7 Å². The van der Waals surface area contributed by atoms with E-state index in [0.29, 0.717) is 6.54 Å². The SMILES string of the molecule is O=C(CCNS(=O)(=O)c1ccc(Br)cc1)NCc1ccccc1CN1CCOCC1. The molecule has 1 fully saturated rings. The van der Waals surface area contributed by atoms with E-state index >= 15 is 0 Å². The van der Waals surface area contributed by atoms with Crippen LogP contribution < -0.4 is 10.0 Å². The molecule has 1 aliphatic rings. The Morgan fingerprint density at radius 2 is 1.70 bits per heavy atom. The average Bonchev–Trinajstić information content (AvgIpc) is 2.74. The van der Waals surface area contributed by atoms with Gasteiger partial charge < -0.3 is 10.1 Å². The van der Waals surface area contributed by atoms with Gasteiger partial charge in [0, 0.05) is 43.6 Å². The molecule has 0 saturated carbocycles. The van der Waals surface area contributed by atoms with E-state index in [0.717, 1.165) is 42.9 Å². The van der Waals surface area contributed by atoms with E-state index in [1.165, 1.54) is 17.7 Å². The number of amides is 1. The molecule has 0 spiro atoms. The Balaban J connectivity index is 1.46. The summed E-state index contributed by atoms with van der Waals surface area (Å²) in [5.74, 6) is -0.199. The van der Waals surface area contributed by atoms with Crippen molar-refractivity contribution in [3.05, 3.63) is 64.1 Å². The Morgan fingerprint density at radius 1 is 1.03 bits per heavy atom. The largest absolute Gasteiger partial charge is 0.379 e. The van der Waals surface area contributed by atoms with Gasteiger partial charge in [0.1, 0.15) is 0 Å². The first-order valence-electron chi connectivity index (χ1n) is 9.83. The van der Waals surface area contributed by atoms with Crippen molar-refractivity contribution in [2.24, 2.45) is 0 Å². The Labute approximate surface area is 186 Å². The van der Waals surface area contributed by atoms with Crippen LogP contribution in [-0.2, 0) is 32.6 Å². The van der Waals surface area contributed by atoms with Gasteiger partial charge in [-0.3, -0.25) is 9.69 Å². The number of hydrogen-bond acceptors (Lipinski definition) is 5. The van der Waals surface area contributed by atoms with E-state index in [1.807, 2.05) is 18.2 Å². The molecule has 1 saturated heterocycles. The summed E-state index contributed by atoms with van der Waals surface area (Å²) in [4.78, 5) is 14.7. The van der Waals surface area contributed by atoms with Crippen molar-refractivity contribution in [2.75, 3.05) is 32.8 Å². The van der Waals surface area contributed by atoms with Gasteiger partial charge in [-0.05, 0) is 35.4 Å². The van der Waals surface area contributed by atoms with Crippen LogP contribution in [0.4, 0.5) is 0 Å². The predicted molar refractivity (Wildman–Crippen MR) is 118 cm³/mol. The first-order valence-corrected chi connectivity index (χ1v) is 12.1. The summed E-state index contributed by atoms with van der Waals surface area (Å²) in [6, 6.07) is 14.4. The average molecular weight is 496 g/mol. The van der Waals surface area contributed by atoms with Crippen molar-refractivity contribution in [2.45, 2.75) is 24.4 Å². The summed E-state index contributed by atoms with van der Waals surface area (Å²) in [5, 5.41) is 2.89. The van der Waals surface area contributed by atoms with Gasteiger partial charge in [0.05, 0.1) is 18.1 Å². The third-order valence-corrected chi connectivity index (χ3v) is 6.87. The van der Waals surface area contributed by atoms with Gasteiger partial charge in [-0.25, -0.2) is 13.1 Å². The van der Waals surface area contributed by atoms with Crippen LogP contribution in [0.1, 0.15) is 17.5 Å². The Kier molecular flexibility index (Phi) is 8.41. The van der Waals surface area contributed by atoms with Crippen LogP contribution in [0.3, 0.4) is 0 Å². The molecular weight excluding hydrogens is 470 g/mol. The van der Waals surface area contributed by atoms with Crippen LogP contribution in [0.25, 0.3) is 0 Å². The third-order valence-electron chi connectivity index (χ3n) is 4.86. The van der Waals surface area contributed by atoms with Gasteiger partial charge in [0.2, 0.25) is 15.9 Å². The van der Waals surface area contributed by atoms with Crippen LogP contribution in [0, 0.1) is 0 Å². The quantitative estimate of drug-likeness (QED) is 0.556. The molecule has 1 heterocycles. The number of nitrogens with one attached hydrogen (secondary N) is 2. The summed E-state index contributed by atoms with van der Waals surface area (Å²) in [5.41, 5.74) is 2.24. The number of hydrogen-bond donors (Lipinski definition) is 2. The molecule has 0 unspecified atom stereocenters. The molecule has 162 valence electrons. The maximum Gasteiger partial charge on any atom is 0.240 e. The standard InChI is InChI=1S/C21H26BrN3O4S/c22-19-5-7-20(8-6-19)30(27,28)24-10-9-21(26)23-15-17-3-1-2-4-18(17)16-25-11-13-29-14-12-25/h1-8,24H,9-16H2,(H,23,26). The smallest absolute Gasteiger partial charge is 0.240 e. The van der Waals surface area contributed by atoms with Gasteiger partial charge in [0.25, 0.3) is 0 Å². The lowest BCUT2D eigenvalue weighted by molar-refractivity contribution is -0.121. The first-order chi connectivity index (χ1) is 14.4. The van der Waals surface area contributed by atoms with Gasteiger partial charge >= 0.3 is 0 Å². The number of ether oxygens (including phenoxy) is 1. The predicted octanol–water partition coefficient (Wildman–Crippen LogP) is 2.27. The zero-order chi connectivity index (χ0) is 21.4. The van der Waals surface area contributed by atoms with Crippen LogP contribution >= 0.6 is 15.9 Å². The fraction of sp³-hybridized carbons (Fsp3) is 0.381. The number of halogens is 1. The molecular formula is C21H26BrN3O4S. The molecule has 0 bridgehead atoms. The molecule has 3 rings (SSSR count). The van der Waals surface area contributed by atoms with Crippen LogP contribution in [0.5, 0.6) is 0 Å². The lowest BCUT2D eigenvalue weighted by atomic mass is 10.1. The van der Waals surface area contributed by atoms with Crippen LogP contribution in [0.2, 0.25) is 0 Å². The minimum absolute atomic E-state index is 0.0413. The minimum Gasteiger partial charge on any atom is -0.379 e. The number of sulfonamides is 1. The molecule has 7 nitrogen and oxygen atoms in total. The molecule has 0 radical (unpaired) electrons. The van der Waals surface area contributed by atoms with Crippen molar-refractivity contribution in [3.63, 3.8) is 0 Å². The van der Waals surface area contributed by atoms with Gasteiger partial charge in [-0.2, -0.15) is 0 Å². The molecule has 2 aromatic rings. The molecule has 1 amide bonds. The molecule has 0 atom stereocenters. The molecule has 30 heavy (non-hydrogen) atoms. The summed E-state index contributed by atoms with van der Waals surface area (Å²) in [6.07, 6.45) is 0.0708. The third kappa shape index (κ3) is 6.88. The Hall–Kier alpha value is -1.78. The van der Waals surface area contributed by atoms with Gasteiger partial charge in [0.15, 0.2) is 0 Å². The van der Waals surface area contributed by atoms with E-state index in [2.05, 4.69) is 36.9 Å². The molecule has 9 heteroatoms. The van der Waals surface area contributed by atoms with Crippen LogP contribution in [0.15, 0.2) is 57.9 Å². The highest BCUT2D eigenvalue weighted by atomic mass is 79.9. The number of benzene rings is 2. The molecule has 0 aromatic heterocycles. The summed E-state index contributed by atoms with van der Waals surface area (Å²) >= 11 is 3.28. The molecule has 2 aromatic carbocycles. The van der Waals surface area contributed by atoms with Gasteiger partial charge in [-0.1, -0.05) is 40.2 Å². The maximum atomic E-state index is 12.3. The second kappa shape index (κ2) is 11.0. The van der Waals surface area contributed by atoms with E-state index in [-0.39, 0.29) is 23.8 Å². The molecule has 2 N–H and O–H groups in total. The van der Waals surface area contributed by atoms with E-state index < -0.39 is 10.0 Å². The number of carbonyl (C=O) groups is 1. The Morgan fingerprint density at radius 3 is 2.40 bits per heavy atom. The zero-order valence-electron chi connectivity index (χ0n) is 16.6. The highest BCUT2D eigenvalue weighted by Gasteiger charge is 2.15.